The Balaban J connectivity index is 1.76. The lowest BCUT2D eigenvalue weighted by Gasteiger charge is -2.22. The molecule has 0 spiro atoms. The molecule has 3 rings (SSSR count). The third-order valence-electron chi connectivity index (χ3n) is 4.66. The topological polar surface area (TPSA) is 79.8 Å². The van der Waals surface area contributed by atoms with Crippen LogP contribution in [0.4, 0.5) is 0 Å². The first-order valence-corrected chi connectivity index (χ1v) is 10.7. The summed E-state index contributed by atoms with van der Waals surface area (Å²) in [6, 6.07) is 19.6. The van der Waals surface area contributed by atoms with E-state index in [9.17, 15) is 9.59 Å². The van der Waals surface area contributed by atoms with Crippen molar-refractivity contribution < 1.29 is 4.79 Å². The Hall–Kier alpha value is -2.80. The molecule has 0 aliphatic rings. The molecule has 1 unspecified atom stereocenters. The van der Waals surface area contributed by atoms with E-state index in [1.54, 1.807) is 4.57 Å². The molecule has 0 aliphatic carbocycles. The van der Waals surface area contributed by atoms with E-state index >= 15 is 0 Å². The van der Waals surface area contributed by atoms with Gasteiger partial charge in [0.1, 0.15) is 0 Å². The second-order valence-corrected chi connectivity index (χ2v) is 8.15. The number of carbonyl (C=O) groups is 1. The highest BCUT2D eigenvalue weighted by molar-refractivity contribution is 8.00. The average molecular weight is 411 g/mol. The first-order chi connectivity index (χ1) is 14.1. The number of thioether (sulfide) groups is 1. The highest BCUT2D eigenvalue weighted by atomic mass is 32.2. The first-order valence-electron chi connectivity index (χ1n) is 9.82. The van der Waals surface area contributed by atoms with Gasteiger partial charge in [-0.05, 0) is 24.5 Å². The first kappa shape index (κ1) is 20.9. The van der Waals surface area contributed by atoms with Crippen LogP contribution in [0.1, 0.15) is 43.9 Å². The summed E-state index contributed by atoms with van der Waals surface area (Å²) in [5, 5.41) is 9.88. The molecule has 2 aromatic carbocycles. The molecule has 0 bridgehead atoms. The minimum Gasteiger partial charge on any atom is -0.344 e. The van der Waals surface area contributed by atoms with Gasteiger partial charge >= 0.3 is 5.69 Å². The van der Waals surface area contributed by atoms with E-state index in [1.165, 1.54) is 11.8 Å². The molecular formula is C22H26N4O2S. The van der Waals surface area contributed by atoms with Gasteiger partial charge in [0, 0.05) is 6.54 Å². The number of nitrogens with one attached hydrogen (secondary N) is 2. The molecule has 1 amide bonds. The van der Waals surface area contributed by atoms with E-state index in [0.29, 0.717) is 11.7 Å². The van der Waals surface area contributed by atoms with Gasteiger partial charge in [0.15, 0.2) is 5.16 Å². The van der Waals surface area contributed by atoms with Crippen LogP contribution in [0, 0.1) is 0 Å². The number of amides is 1. The van der Waals surface area contributed by atoms with Crippen molar-refractivity contribution in [1.29, 1.82) is 0 Å². The van der Waals surface area contributed by atoms with E-state index in [0.717, 1.165) is 24.0 Å². The molecule has 1 heterocycles. The van der Waals surface area contributed by atoms with Crippen molar-refractivity contribution in [3.8, 4) is 0 Å². The Kier molecular flexibility index (Phi) is 7.30. The zero-order valence-electron chi connectivity index (χ0n) is 16.7. The summed E-state index contributed by atoms with van der Waals surface area (Å²) in [5.74, 6) is -0.106. The zero-order valence-corrected chi connectivity index (χ0v) is 17.5. The van der Waals surface area contributed by atoms with E-state index in [-0.39, 0.29) is 17.6 Å². The summed E-state index contributed by atoms with van der Waals surface area (Å²) >= 11 is 1.29. The maximum absolute atomic E-state index is 13.0. The molecule has 0 saturated carbocycles. The summed E-state index contributed by atoms with van der Waals surface area (Å²) in [6.07, 6.45) is 1.87. The third kappa shape index (κ3) is 5.38. The summed E-state index contributed by atoms with van der Waals surface area (Å²) in [7, 11) is 0. The van der Waals surface area contributed by atoms with Gasteiger partial charge in [-0.1, -0.05) is 85.8 Å². The molecule has 2 N–H and O–H groups in total. The Labute approximate surface area is 174 Å². The van der Waals surface area contributed by atoms with Crippen LogP contribution in [-0.4, -0.2) is 25.9 Å². The monoisotopic (exact) mass is 410 g/mol. The highest BCUT2D eigenvalue weighted by Gasteiger charge is 2.23. The van der Waals surface area contributed by atoms with Crippen LogP contribution in [0.3, 0.4) is 0 Å². The Morgan fingerprint density at radius 2 is 1.69 bits per heavy atom. The maximum Gasteiger partial charge on any atom is 0.343 e. The van der Waals surface area contributed by atoms with Crippen LogP contribution in [0.5, 0.6) is 0 Å². The van der Waals surface area contributed by atoms with E-state index < -0.39 is 5.25 Å². The lowest BCUT2D eigenvalue weighted by molar-refractivity contribution is -0.120. The number of H-pyrrole nitrogens is 1. The molecule has 1 atom stereocenters. The lowest BCUT2D eigenvalue weighted by atomic mass is 9.98. The normalized spacial score (nSPS) is 12.1. The third-order valence-corrected chi connectivity index (χ3v) is 5.75. The molecule has 3 aromatic rings. The molecule has 0 aliphatic heterocycles. The van der Waals surface area contributed by atoms with Crippen molar-refractivity contribution in [1.82, 2.24) is 20.1 Å². The highest BCUT2D eigenvalue weighted by Crippen LogP contribution is 2.25. The summed E-state index contributed by atoms with van der Waals surface area (Å²) in [5.41, 5.74) is 1.80. The van der Waals surface area contributed by atoms with Crippen molar-refractivity contribution in [2.24, 2.45) is 0 Å². The number of aromatic amines is 1. The maximum atomic E-state index is 13.0. The molecular weight excluding hydrogens is 384 g/mol. The van der Waals surface area contributed by atoms with Crippen molar-refractivity contribution in [3.05, 3.63) is 82.3 Å². The standard InChI is InChI=1S/C22H26N4O2S/c1-3-4-15-26-21(28)24-25-22(26)29-16(2)20(27)23-19(17-11-7-5-8-12-17)18-13-9-6-10-14-18/h5-14,16,19H,3-4,15H2,1-2H3,(H,23,27)(H,24,28). The largest absolute Gasteiger partial charge is 0.344 e. The van der Waals surface area contributed by atoms with Crippen LogP contribution in [-0.2, 0) is 11.3 Å². The molecule has 0 radical (unpaired) electrons. The average Bonchev–Trinajstić information content (AvgIpc) is 3.10. The molecule has 1 aromatic heterocycles. The quantitative estimate of drug-likeness (QED) is 0.527. The van der Waals surface area contributed by atoms with Crippen molar-refractivity contribution in [3.63, 3.8) is 0 Å². The summed E-state index contributed by atoms with van der Waals surface area (Å²) < 4.78 is 1.60. The summed E-state index contributed by atoms with van der Waals surface area (Å²) in [4.78, 5) is 25.0. The number of aromatic nitrogens is 3. The van der Waals surface area contributed by atoms with Gasteiger partial charge in [-0.15, -0.1) is 5.10 Å². The van der Waals surface area contributed by atoms with Crippen LogP contribution in [0.25, 0.3) is 0 Å². The smallest absolute Gasteiger partial charge is 0.343 e. The Morgan fingerprint density at radius 3 is 2.24 bits per heavy atom. The fourth-order valence-corrected chi connectivity index (χ4v) is 3.92. The van der Waals surface area contributed by atoms with Crippen molar-refractivity contribution in [2.45, 2.75) is 49.7 Å². The van der Waals surface area contributed by atoms with E-state index in [4.69, 9.17) is 0 Å². The number of carbonyl (C=O) groups excluding carboxylic acids is 1. The molecule has 29 heavy (non-hydrogen) atoms. The number of rotatable bonds is 9. The van der Waals surface area contributed by atoms with Gasteiger partial charge in [0.2, 0.25) is 5.91 Å². The van der Waals surface area contributed by atoms with Gasteiger partial charge in [0.25, 0.3) is 0 Å². The zero-order chi connectivity index (χ0) is 20.6. The molecule has 0 saturated heterocycles. The molecule has 152 valence electrons. The van der Waals surface area contributed by atoms with E-state index in [1.807, 2.05) is 67.6 Å². The number of hydrogen-bond donors (Lipinski definition) is 2. The predicted molar refractivity (Wildman–Crippen MR) is 116 cm³/mol. The number of benzene rings is 2. The van der Waals surface area contributed by atoms with Crippen molar-refractivity contribution >= 4 is 17.7 Å². The van der Waals surface area contributed by atoms with Crippen LogP contribution < -0.4 is 11.0 Å². The van der Waals surface area contributed by atoms with Crippen molar-refractivity contribution in [2.75, 3.05) is 0 Å². The summed E-state index contributed by atoms with van der Waals surface area (Å²) in [6.45, 7) is 4.50. The minimum atomic E-state index is -0.402. The number of hydrogen-bond acceptors (Lipinski definition) is 4. The van der Waals surface area contributed by atoms with Crippen LogP contribution in [0.2, 0.25) is 0 Å². The van der Waals surface area contributed by atoms with Gasteiger partial charge in [0.05, 0.1) is 11.3 Å². The second kappa shape index (κ2) is 10.1. The Morgan fingerprint density at radius 1 is 1.10 bits per heavy atom. The number of nitrogens with zero attached hydrogens (tertiary/aromatic N) is 2. The van der Waals surface area contributed by atoms with E-state index in [2.05, 4.69) is 22.4 Å². The molecule has 7 heteroatoms. The molecule has 6 nitrogen and oxygen atoms in total. The van der Waals surface area contributed by atoms with Crippen LogP contribution >= 0.6 is 11.8 Å². The SMILES string of the molecule is CCCCn1c(SC(C)C(=O)NC(c2ccccc2)c2ccccc2)n[nH]c1=O. The van der Waals surface area contributed by atoms with Gasteiger partial charge in [-0.3, -0.25) is 9.36 Å². The van der Waals surface area contributed by atoms with Gasteiger partial charge < -0.3 is 5.32 Å². The number of unbranched alkanes of at least 4 members (excludes halogenated alkanes) is 1. The lowest BCUT2D eigenvalue weighted by Crippen LogP contribution is -2.35. The van der Waals surface area contributed by atoms with Crippen LogP contribution in [0.15, 0.2) is 70.6 Å². The fourth-order valence-electron chi connectivity index (χ4n) is 3.03. The fraction of sp³-hybridized carbons (Fsp3) is 0.318. The minimum absolute atomic E-state index is 0.106. The van der Waals surface area contributed by atoms with Gasteiger partial charge in [-0.25, -0.2) is 9.89 Å². The predicted octanol–water partition coefficient (Wildman–Crippen LogP) is 3.76. The Bertz CT molecular complexity index is 930. The molecule has 0 fully saturated rings. The second-order valence-electron chi connectivity index (χ2n) is 6.84. The van der Waals surface area contributed by atoms with Gasteiger partial charge in [-0.2, -0.15) is 0 Å².